The van der Waals surface area contributed by atoms with E-state index in [0.29, 0.717) is 11.1 Å². The van der Waals surface area contributed by atoms with Crippen molar-refractivity contribution >= 4 is 51.1 Å². The molecule has 0 aromatic heterocycles. The molecule has 0 heterocycles. The smallest absolute Gasteiger partial charge is 0.234 e. The van der Waals surface area contributed by atoms with Gasteiger partial charge >= 0.3 is 0 Å². The second-order valence-corrected chi connectivity index (χ2v) is 13.5. The third-order valence-electron chi connectivity index (χ3n) is 8.33. The van der Waals surface area contributed by atoms with E-state index in [9.17, 15) is 9.59 Å². The van der Waals surface area contributed by atoms with E-state index in [2.05, 4.69) is 95.0 Å². The van der Waals surface area contributed by atoms with E-state index in [1.165, 1.54) is 11.1 Å². The molecule has 0 saturated carbocycles. The van der Waals surface area contributed by atoms with Crippen LogP contribution in [-0.2, 0) is 15.6 Å². The van der Waals surface area contributed by atoms with Gasteiger partial charge < -0.3 is 4.90 Å². The first-order valence-electron chi connectivity index (χ1n) is 14.9. The largest absolute Gasteiger partial charge is 0.311 e. The predicted octanol–water partition coefficient (Wildman–Crippen LogP) is 10.2. The van der Waals surface area contributed by atoms with Crippen molar-refractivity contribution in [2.75, 3.05) is 4.90 Å². The number of ketones is 2. The summed E-state index contributed by atoms with van der Waals surface area (Å²) in [4.78, 5) is 28.7. The van der Waals surface area contributed by atoms with E-state index < -0.39 is 11.6 Å². The summed E-state index contributed by atoms with van der Waals surface area (Å²) >= 11 is 0. The lowest BCUT2D eigenvalue weighted by molar-refractivity contribution is -0.110. The fourth-order valence-corrected chi connectivity index (χ4v) is 5.71. The number of Topliss-reactive ketones (excluding diaryl/α,β-unsaturated/α-hetero) is 2. The average Bonchev–Trinajstić information content (AvgIpc) is 2.98. The molecule has 0 N–H and O–H groups in total. The van der Waals surface area contributed by atoms with Crippen molar-refractivity contribution in [1.82, 2.24) is 0 Å². The van der Waals surface area contributed by atoms with Gasteiger partial charge in [-0.1, -0.05) is 102 Å². The molecule has 0 radical (unpaired) electrons. The zero-order valence-electron chi connectivity index (χ0n) is 25.7. The molecule has 0 aliphatic heterocycles. The zero-order chi connectivity index (χ0) is 30.5. The minimum absolute atomic E-state index is 0.0575. The van der Waals surface area contributed by atoms with Crippen LogP contribution in [0.25, 0.3) is 22.4 Å². The molecule has 0 bridgehead atoms. The van der Waals surface area contributed by atoms with Gasteiger partial charge in [0.2, 0.25) is 11.6 Å². The summed E-state index contributed by atoms with van der Waals surface area (Å²) in [5.41, 5.74) is 8.13. The summed E-state index contributed by atoms with van der Waals surface area (Å²) in [6.07, 6.45) is 1.86. The molecule has 3 nitrogen and oxygen atoms in total. The van der Waals surface area contributed by atoms with E-state index >= 15 is 0 Å². The molecule has 0 saturated heterocycles. The predicted molar refractivity (Wildman–Crippen MR) is 180 cm³/mol. The molecule has 0 spiro atoms. The third-order valence-corrected chi connectivity index (χ3v) is 8.33. The Balaban J connectivity index is 1.40. The molecule has 5 aromatic carbocycles. The van der Waals surface area contributed by atoms with E-state index in [-0.39, 0.29) is 10.8 Å². The maximum Gasteiger partial charge on any atom is 0.234 e. The summed E-state index contributed by atoms with van der Waals surface area (Å²) in [7, 11) is 0. The number of benzene rings is 5. The Hall–Kier alpha value is -4.76. The fraction of sp³-hybridized carbons (Fsp3) is 0.200. The first-order chi connectivity index (χ1) is 20.4. The standard InChI is InChI=1S/C40H37NO2/c1-39(2,3)30-13-19-33(20-14-30)41(34-21-15-31(16-22-34)40(4,5)6)32-17-11-26(12-18-32)35-25-29-23-27-9-7-8-10-28(27)24-36(29)38(43)37(35)42/h7-25H,1-6H3. The van der Waals surface area contributed by atoms with Crippen molar-refractivity contribution in [3.63, 3.8) is 0 Å². The lowest BCUT2D eigenvalue weighted by atomic mass is 9.85. The van der Waals surface area contributed by atoms with Gasteiger partial charge in [-0.25, -0.2) is 0 Å². The number of hydrogen-bond acceptors (Lipinski definition) is 3. The Labute approximate surface area is 254 Å². The number of carbonyl (C=O) groups is 2. The van der Waals surface area contributed by atoms with Crippen molar-refractivity contribution < 1.29 is 9.59 Å². The van der Waals surface area contributed by atoms with Gasteiger partial charge in [0.15, 0.2) is 0 Å². The maximum absolute atomic E-state index is 13.3. The SMILES string of the molecule is CC(C)(C)c1ccc(N(c2ccc(C3=Cc4cc5ccccc5cc4C(=O)C3=O)cc2)c2ccc(C(C)(C)C)cc2)cc1. The number of nitrogens with zero attached hydrogens (tertiary/aromatic N) is 1. The normalized spacial score (nSPS) is 13.6. The van der Waals surface area contributed by atoms with Gasteiger partial charge in [-0.2, -0.15) is 0 Å². The van der Waals surface area contributed by atoms with Gasteiger partial charge in [-0.15, -0.1) is 0 Å². The lowest BCUT2D eigenvalue weighted by Gasteiger charge is -2.28. The van der Waals surface area contributed by atoms with Gasteiger partial charge in [0.1, 0.15) is 0 Å². The second-order valence-electron chi connectivity index (χ2n) is 13.5. The average molecular weight is 564 g/mol. The van der Waals surface area contributed by atoms with Crippen molar-refractivity contribution in [3.05, 3.63) is 137 Å². The summed E-state index contributed by atoms with van der Waals surface area (Å²) in [6, 6.07) is 37.1. The number of rotatable bonds is 4. The Bertz CT molecular complexity index is 1820. The van der Waals surface area contributed by atoms with E-state index in [1.807, 2.05) is 66.7 Å². The Kier molecular flexibility index (Phi) is 6.93. The van der Waals surface area contributed by atoms with Crippen molar-refractivity contribution in [2.24, 2.45) is 0 Å². The van der Waals surface area contributed by atoms with Crippen LogP contribution in [0.5, 0.6) is 0 Å². The maximum atomic E-state index is 13.3. The first-order valence-corrected chi connectivity index (χ1v) is 14.9. The molecular formula is C40H37NO2. The van der Waals surface area contributed by atoms with Crippen LogP contribution in [0.3, 0.4) is 0 Å². The highest BCUT2D eigenvalue weighted by Gasteiger charge is 2.29. The van der Waals surface area contributed by atoms with Crippen LogP contribution in [0, 0.1) is 0 Å². The van der Waals surface area contributed by atoms with E-state index in [4.69, 9.17) is 0 Å². The Morgan fingerprint density at radius 1 is 0.512 bits per heavy atom. The molecule has 0 amide bonds. The number of allylic oxidation sites excluding steroid dienone is 1. The van der Waals surface area contributed by atoms with Gasteiger partial charge in [0, 0.05) is 28.2 Å². The molecule has 6 rings (SSSR count). The summed E-state index contributed by atoms with van der Waals surface area (Å²) in [5, 5.41) is 2.00. The van der Waals surface area contributed by atoms with Crippen LogP contribution in [0.1, 0.15) is 74.2 Å². The van der Waals surface area contributed by atoms with Crippen LogP contribution < -0.4 is 4.90 Å². The fourth-order valence-electron chi connectivity index (χ4n) is 5.71. The third kappa shape index (κ3) is 5.44. The highest BCUT2D eigenvalue weighted by Crippen LogP contribution is 2.38. The molecule has 0 unspecified atom stereocenters. The zero-order valence-corrected chi connectivity index (χ0v) is 25.7. The van der Waals surface area contributed by atoms with Crippen LogP contribution in [0.2, 0.25) is 0 Å². The Morgan fingerprint density at radius 3 is 1.42 bits per heavy atom. The minimum atomic E-state index is -0.470. The van der Waals surface area contributed by atoms with Crippen molar-refractivity contribution in [2.45, 2.75) is 52.4 Å². The highest BCUT2D eigenvalue weighted by atomic mass is 16.2. The minimum Gasteiger partial charge on any atom is -0.311 e. The molecule has 3 heteroatoms. The van der Waals surface area contributed by atoms with Gasteiger partial charge in [-0.05, 0) is 98.5 Å². The number of hydrogen-bond donors (Lipinski definition) is 0. The van der Waals surface area contributed by atoms with Crippen LogP contribution in [0.4, 0.5) is 17.1 Å². The molecule has 5 aromatic rings. The van der Waals surface area contributed by atoms with Crippen LogP contribution >= 0.6 is 0 Å². The molecule has 214 valence electrons. The number of fused-ring (bicyclic) bond motifs is 2. The number of carbonyl (C=O) groups excluding carboxylic acids is 2. The summed E-state index contributed by atoms with van der Waals surface area (Å²) in [5.74, 6) is -0.926. The topological polar surface area (TPSA) is 37.4 Å². The summed E-state index contributed by atoms with van der Waals surface area (Å²) in [6.45, 7) is 13.3. The molecular weight excluding hydrogens is 526 g/mol. The van der Waals surface area contributed by atoms with Crippen LogP contribution in [-0.4, -0.2) is 11.6 Å². The van der Waals surface area contributed by atoms with Crippen LogP contribution in [0.15, 0.2) is 109 Å². The highest BCUT2D eigenvalue weighted by molar-refractivity contribution is 6.61. The molecule has 0 atom stereocenters. The van der Waals surface area contributed by atoms with Gasteiger partial charge in [0.05, 0.1) is 0 Å². The molecule has 43 heavy (non-hydrogen) atoms. The molecule has 1 aliphatic carbocycles. The molecule has 1 aliphatic rings. The Morgan fingerprint density at radius 2 is 0.953 bits per heavy atom. The monoisotopic (exact) mass is 563 g/mol. The quantitative estimate of drug-likeness (QED) is 0.204. The van der Waals surface area contributed by atoms with E-state index in [1.54, 1.807) is 0 Å². The first kappa shape index (κ1) is 28.4. The van der Waals surface area contributed by atoms with Gasteiger partial charge in [0.25, 0.3) is 0 Å². The summed E-state index contributed by atoms with van der Waals surface area (Å²) < 4.78 is 0. The van der Waals surface area contributed by atoms with Crippen molar-refractivity contribution in [3.8, 4) is 0 Å². The van der Waals surface area contributed by atoms with E-state index in [0.717, 1.165) is 39.0 Å². The number of anilines is 3. The lowest BCUT2D eigenvalue weighted by Crippen LogP contribution is -2.20. The van der Waals surface area contributed by atoms with Crippen molar-refractivity contribution in [1.29, 1.82) is 0 Å². The second kappa shape index (κ2) is 10.5. The molecule has 0 fully saturated rings. The van der Waals surface area contributed by atoms with Gasteiger partial charge in [-0.3, -0.25) is 9.59 Å².